The van der Waals surface area contributed by atoms with Gasteiger partial charge in [-0.05, 0) is 36.1 Å². The van der Waals surface area contributed by atoms with Gasteiger partial charge in [0.25, 0.3) is 0 Å². The van der Waals surface area contributed by atoms with Crippen LogP contribution in [0.15, 0.2) is 60.8 Å². The number of Topliss-reactive ketones (excluding diaryl/α,β-unsaturated/α-hetero) is 1. The third-order valence-electron chi connectivity index (χ3n) is 5.18. The highest BCUT2D eigenvalue weighted by Gasteiger charge is 2.12. The molecular weight excluding hydrogens is 359 g/mol. The van der Waals surface area contributed by atoms with E-state index < -0.39 is 0 Å². The number of pyridine rings is 2. The minimum absolute atomic E-state index is 0.0637. The highest BCUT2D eigenvalue weighted by molar-refractivity contribution is 6.12. The number of benzene rings is 1. The van der Waals surface area contributed by atoms with Gasteiger partial charge in [0.15, 0.2) is 11.6 Å². The summed E-state index contributed by atoms with van der Waals surface area (Å²) in [6.45, 7) is 3.72. The van der Waals surface area contributed by atoms with E-state index >= 15 is 0 Å². The van der Waals surface area contributed by atoms with E-state index in [1.807, 2.05) is 30.5 Å². The summed E-state index contributed by atoms with van der Waals surface area (Å²) in [5.41, 5.74) is 4.47. The number of carbonyl (C=O) groups is 1. The number of hydrogen-bond acceptors (Lipinski definition) is 4. The zero-order chi connectivity index (χ0) is 20.4. The first-order valence-electron chi connectivity index (χ1n) is 10.0. The van der Waals surface area contributed by atoms with Gasteiger partial charge in [-0.3, -0.25) is 9.78 Å². The molecule has 1 atom stereocenters. The molecule has 3 aromatic heterocycles. The molecule has 6 heteroatoms. The van der Waals surface area contributed by atoms with Gasteiger partial charge in [0.1, 0.15) is 13.5 Å². The topological polar surface area (TPSA) is 60.7 Å². The van der Waals surface area contributed by atoms with Gasteiger partial charge in [0.2, 0.25) is 0 Å². The molecule has 3 heterocycles. The number of aromatic nitrogens is 4. The molecule has 1 aromatic carbocycles. The van der Waals surface area contributed by atoms with Crippen molar-refractivity contribution >= 4 is 24.5 Å². The maximum Gasteiger partial charge on any atom is 0.178 e. The summed E-state index contributed by atoms with van der Waals surface area (Å²) in [7, 11) is 2.22. The average Bonchev–Trinajstić information content (AvgIpc) is 3.17. The molecule has 0 aliphatic rings. The van der Waals surface area contributed by atoms with Gasteiger partial charge in [-0.2, -0.15) is 5.10 Å². The van der Waals surface area contributed by atoms with Gasteiger partial charge in [-0.1, -0.05) is 44.0 Å². The number of rotatable bonds is 6. The van der Waals surface area contributed by atoms with Crippen molar-refractivity contribution < 1.29 is 4.79 Å². The second kappa shape index (κ2) is 7.99. The Kier molecular flexibility index (Phi) is 5.25. The summed E-state index contributed by atoms with van der Waals surface area (Å²) in [5, 5.41) is 5.51. The largest absolute Gasteiger partial charge is 0.293 e. The maximum absolute atomic E-state index is 11.7. The Hall–Kier alpha value is -3.28. The molecule has 0 N–H and O–H groups in total. The molecule has 0 radical (unpaired) electrons. The summed E-state index contributed by atoms with van der Waals surface area (Å²) in [5.74, 6) is 1.00. The Labute approximate surface area is 171 Å². The van der Waals surface area contributed by atoms with Gasteiger partial charge in [-0.15, -0.1) is 0 Å². The fourth-order valence-electron chi connectivity index (χ4n) is 3.57. The van der Waals surface area contributed by atoms with Crippen molar-refractivity contribution in [1.82, 2.24) is 19.7 Å². The van der Waals surface area contributed by atoms with Crippen molar-refractivity contribution in [3.8, 4) is 17.1 Å². The standard InChI is InChI=1S/C23H23BN4O/c1-3-6-18(24)21-9-4-8-20(26-21)16-11-12-17-14-25-28(22(17)13-16)23-10-5-7-19(27-23)15(2)29/h4-5,7-14,18H,3,6,24H2,1-2H3/t18-/m0/s1. The molecular formula is C23H23BN4O. The smallest absolute Gasteiger partial charge is 0.178 e. The molecule has 4 aromatic rings. The summed E-state index contributed by atoms with van der Waals surface area (Å²) >= 11 is 0. The molecule has 0 unspecified atom stereocenters. The Morgan fingerprint density at radius 3 is 2.72 bits per heavy atom. The first-order valence-corrected chi connectivity index (χ1v) is 10.0. The molecule has 0 aliphatic heterocycles. The van der Waals surface area contributed by atoms with Crippen molar-refractivity contribution in [1.29, 1.82) is 0 Å². The van der Waals surface area contributed by atoms with Crippen molar-refractivity contribution in [3.63, 3.8) is 0 Å². The van der Waals surface area contributed by atoms with Crippen LogP contribution in [-0.2, 0) is 0 Å². The van der Waals surface area contributed by atoms with Crippen molar-refractivity contribution in [2.24, 2.45) is 0 Å². The molecule has 0 fully saturated rings. The van der Waals surface area contributed by atoms with Gasteiger partial charge in [0, 0.05) is 23.6 Å². The zero-order valence-corrected chi connectivity index (χ0v) is 17.0. The fourth-order valence-corrected chi connectivity index (χ4v) is 3.57. The Morgan fingerprint density at radius 2 is 1.93 bits per heavy atom. The molecule has 29 heavy (non-hydrogen) atoms. The van der Waals surface area contributed by atoms with Crippen molar-refractivity contribution in [3.05, 3.63) is 72.2 Å². The molecule has 0 saturated heterocycles. The third kappa shape index (κ3) is 3.83. The molecule has 0 aliphatic carbocycles. The first-order chi connectivity index (χ1) is 14.1. The SMILES string of the molecule is B[C@@H](CCC)c1cccc(-c2ccc3cnn(-c4cccc(C(C)=O)n4)c3c2)n1. The second-order valence-corrected chi connectivity index (χ2v) is 7.40. The predicted molar refractivity (Wildman–Crippen MR) is 118 cm³/mol. The minimum atomic E-state index is -0.0637. The normalized spacial score (nSPS) is 12.2. The Bertz CT molecular complexity index is 1180. The number of hydrogen-bond donors (Lipinski definition) is 0. The quantitative estimate of drug-likeness (QED) is 0.371. The van der Waals surface area contributed by atoms with Gasteiger partial charge < -0.3 is 0 Å². The van der Waals surface area contributed by atoms with Crippen LogP contribution in [0.3, 0.4) is 0 Å². The molecule has 0 amide bonds. The van der Waals surface area contributed by atoms with E-state index in [4.69, 9.17) is 4.98 Å². The number of fused-ring (bicyclic) bond motifs is 1. The van der Waals surface area contributed by atoms with E-state index in [9.17, 15) is 4.79 Å². The van der Waals surface area contributed by atoms with Crippen molar-refractivity contribution in [2.45, 2.75) is 32.5 Å². The molecule has 0 saturated carbocycles. The van der Waals surface area contributed by atoms with Gasteiger partial charge in [-0.25, -0.2) is 9.67 Å². The summed E-state index contributed by atoms with van der Waals surface area (Å²) < 4.78 is 1.77. The van der Waals surface area contributed by atoms with Crippen LogP contribution >= 0.6 is 0 Å². The maximum atomic E-state index is 11.7. The van der Waals surface area contributed by atoms with E-state index in [1.54, 1.807) is 10.7 Å². The van der Waals surface area contributed by atoms with Gasteiger partial charge in [0.05, 0.1) is 17.4 Å². The average molecular weight is 382 g/mol. The lowest BCUT2D eigenvalue weighted by atomic mass is 9.80. The van der Waals surface area contributed by atoms with Crippen LogP contribution in [0.2, 0.25) is 0 Å². The highest BCUT2D eigenvalue weighted by Crippen LogP contribution is 2.26. The molecule has 0 spiro atoms. The van der Waals surface area contributed by atoms with E-state index in [0.29, 0.717) is 17.3 Å². The predicted octanol–water partition coefficient (Wildman–Crippen LogP) is 4.16. The fraction of sp³-hybridized carbons (Fsp3) is 0.217. The van der Waals surface area contributed by atoms with E-state index in [1.165, 1.54) is 6.92 Å². The van der Waals surface area contributed by atoms with Crippen LogP contribution in [-0.4, -0.2) is 33.4 Å². The first kappa shape index (κ1) is 19.1. The van der Waals surface area contributed by atoms with Crippen LogP contribution in [0.4, 0.5) is 0 Å². The number of carbonyl (C=O) groups excluding carboxylic acids is 1. The van der Waals surface area contributed by atoms with Crippen LogP contribution in [0.25, 0.3) is 28.0 Å². The number of nitrogens with zero attached hydrogens (tertiary/aromatic N) is 4. The lowest BCUT2D eigenvalue weighted by Crippen LogP contribution is -2.04. The summed E-state index contributed by atoms with van der Waals surface area (Å²) in [4.78, 5) is 21.1. The van der Waals surface area contributed by atoms with Gasteiger partial charge >= 0.3 is 0 Å². The molecule has 0 bridgehead atoms. The summed E-state index contributed by atoms with van der Waals surface area (Å²) in [6, 6.07) is 17.8. The van der Waals surface area contributed by atoms with E-state index in [2.05, 4.69) is 49.1 Å². The van der Waals surface area contributed by atoms with Crippen LogP contribution in [0.1, 0.15) is 48.7 Å². The zero-order valence-electron chi connectivity index (χ0n) is 17.0. The van der Waals surface area contributed by atoms with Crippen LogP contribution in [0, 0.1) is 0 Å². The summed E-state index contributed by atoms with van der Waals surface area (Å²) in [6.07, 6.45) is 4.08. The Balaban J connectivity index is 1.78. The lowest BCUT2D eigenvalue weighted by molar-refractivity contribution is 0.101. The minimum Gasteiger partial charge on any atom is -0.293 e. The van der Waals surface area contributed by atoms with Crippen LogP contribution < -0.4 is 0 Å². The van der Waals surface area contributed by atoms with Crippen LogP contribution in [0.5, 0.6) is 0 Å². The Morgan fingerprint density at radius 1 is 1.10 bits per heavy atom. The molecule has 4 rings (SSSR count). The highest BCUT2D eigenvalue weighted by atomic mass is 16.1. The monoisotopic (exact) mass is 382 g/mol. The van der Waals surface area contributed by atoms with E-state index in [0.717, 1.165) is 40.7 Å². The number of ketones is 1. The third-order valence-corrected chi connectivity index (χ3v) is 5.18. The molecule has 144 valence electrons. The van der Waals surface area contributed by atoms with Crippen molar-refractivity contribution in [2.75, 3.05) is 0 Å². The van der Waals surface area contributed by atoms with E-state index in [-0.39, 0.29) is 5.78 Å². The second-order valence-electron chi connectivity index (χ2n) is 7.40. The molecule has 5 nitrogen and oxygen atoms in total. The lowest BCUT2D eigenvalue weighted by Gasteiger charge is -2.11.